The van der Waals surface area contributed by atoms with Crippen LogP contribution in [0.1, 0.15) is 35.0 Å². The van der Waals surface area contributed by atoms with E-state index in [0.717, 1.165) is 16.8 Å². The molecule has 158 valence electrons. The molecule has 0 spiro atoms. The number of rotatable bonds is 6. The number of hydrazone groups is 1. The Kier molecular flexibility index (Phi) is 5.48. The largest absolute Gasteiger partial charge is 0.475 e. The minimum absolute atomic E-state index is 0.0690. The molecule has 0 N–H and O–H groups in total. The molecule has 0 bridgehead atoms. The summed E-state index contributed by atoms with van der Waals surface area (Å²) in [5.74, 6) is -0.346. The lowest BCUT2D eigenvalue weighted by Crippen LogP contribution is -2.31. The second-order valence-corrected chi connectivity index (χ2v) is 7.21. The Balaban J connectivity index is 1.57. The van der Waals surface area contributed by atoms with Gasteiger partial charge in [0.2, 0.25) is 5.75 Å². The third-order valence-corrected chi connectivity index (χ3v) is 4.92. The molecular weight excluding hydrogens is 400 g/mol. The molecule has 9 nitrogen and oxygen atoms in total. The predicted octanol–water partition coefficient (Wildman–Crippen LogP) is 3.96. The van der Waals surface area contributed by atoms with Gasteiger partial charge in [-0.2, -0.15) is 5.10 Å². The van der Waals surface area contributed by atoms with Crippen LogP contribution in [-0.4, -0.2) is 33.1 Å². The smallest absolute Gasteiger partial charge is 0.406 e. The molecule has 1 aliphatic rings. The zero-order valence-electron chi connectivity index (χ0n) is 17.0. The van der Waals surface area contributed by atoms with Crippen LogP contribution in [0.15, 0.2) is 64.3 Å². The maximum atomic E-state index is 13.0. The van der Waals surface area contributed by atoms with Gasteiger partial charge in [-0.05, 0) is 46.7 Å². The van der Waals surface area contributed by atoms with Gasteiger partial charge in [-0.15, -0.1) is 0 Å². The van der Waals surface area contributed by atoms with E-state index in [4.69, 9.17) is 9.15 Å². The second kappa shape index (κ2) is 8.39. The molecule has 0 aliphatic carbocycles. The molecule has 4 rings (SSSR count). The fourth-order valence-electron chi connectivity index (χ4n) is 3.34. The summed E-state index contributed by atoms with van der Waals surface area (Å²) < 4.78 is 11.0. The van der Waals surface area contributed by atoms with E-state index >= 15 is 0 Å². The van der Waals surface area contributed by atoms with E-state index in [-0.39, 0.29) is 5.75 Å². The molecule has 9 heteroatoms. The maximum absolute atomic E-state index is 13.0. The van der Waals surface area contributed by atoms with E-state index in [0.29, 0.717) is 17.9 Å². The van der Waals surface area contributed by atoms with Gasteiger partial charge in [0, 0.05) is 13.3 Å². The van der Waals surface area contributed by atoms with Crippen molar-refractivity contribution in [1.82, 2.24) is 9.99 Å². The molecule has 0 unspecified atom stereocenters. The summed E-state index contributed by atoms with van der Waals surface area (Å²) in [6.45, 7) is 3.22. The quantitative estimate of drug-likeness (QED) is 0.441. The van der Waals surface area contributed by atoms with Crippen molar-refractivity contribution >= 4 is 17.4 Å². The predicted molar refractivity (Wildman–Crippen MR) is 112 cm³/mol. The van der Waals surface area contributed by atoms with Crippen LogP contribution in [0.4, 0.5) is 5.82 Å². The molecule has 0 saturated carbocycles. The average Bonchev–Trinajstić information content (AvgIpc) is 3.43. The Morgan fingerprint density at radius 2 is 2.00 bits per heavy atom. The second-order valence-electron chi connectivity index (χ2n) is 7.21. The van der Waals surface area contributed by atoms with Gasteiger partial charge in [-0.3, -0.25) is 4.79 Å². The van der Waals surface area contributed by atoms with Crippen molar-refractivity contribution in [2.45, 2.75) is 26.3 Å². The summed E-state index contributed by atoms with van der Waals surface area (Å²) in [5.41, 5.74) is 3.27. The molecule has 1 aromatic carbocycles. The van der Waals surface area contributed by atoms with Crippen LogP contribution in [0.3, 0.4) is 0 Å². The van der Waals surface area contributed by atoms with Crippen molar-refractivity contribution in [2.75, 3.05) is 6.61 Å². The molecule has 3 heterocycles. The number of aryl methyl sites for hydroxylation is 2. The lowest BCUT2D eigenvalue weighted by atomic mass is 10.0. The molecular formula is C22H20N4O5. The first-order valence-electron chi connectivity index (χ1n) is 9.67. The van der Waals surface area contributed by atoms with Crippen molar-refractivity contribution < 1.29 is 18.9 Å². The number of furan rings is 1. The molecule has 1 atom stereocenters. The summed E-state index contributed by atoms with van der Waals surface area (Å²) in [7, 11) is 0. The van der Waals surface area contributed by atoms with E-state index < -0.39 is 29.3 Å². The minimum Gasteiger partial charge on any atom is -0.475 e. The topological polar surface area (TPSA) is 111 Å². The van der Waals surface area contributed by atoms with E-state index in [9.17, 15) is 14.9 Å². The summed E-state index contributed by atoms with van der Waals surface area (Å²) in [6, 6.07) is 14.0. The van der Waals surface area contributed by atoms with Gasteiger partial charge in [-0.25, -0.2) is 5.01 Å². The third kappa shape index (κ3) is 4.30. The van der Waals surface area contributed by atoms with Crippen LogP contribution < -0.4 is 4.74 Å². The van der Waals surface area contributed by atoms with Crippen LogP contribution in [0.25, 0.3) is 0 Å². The first-order valence-corrected chi connectivity index (χ1v) is 9.67. The van der Waals surface area contributed by atoms with E-state index in [1.807, 2.05) is 31.2 Å². The van der Waals surface area contributed by atoms with Gasteiger partial charge in [0.1, 0.15) is 17.5 Å². The number of ether oxygens (including phenoxy) is 1. The van der Waals surface area contributed by atoms with Crippen molar-refractivity contribution in [3.05, 3.63) is 87.5 Å². The number of pyridine rings is 1. The maximum Gasteiger partial charge on any atom is 0.406 e. The monoisotopic (exact) mass is 420 g/mol. The lowest BCUT2D eigenvalue weighted by Gasteiger charge is -2.19. The number of carbonyl (C=O) groups excluding carboxylic acids is 1. The highest BCUT2D eigenvalue weighted by Gasteiger charge is 2.35. The number of aromatic nitrogens is 1. The molecule has 0 fully saturated rings. The Morgan fingerprint density at radius 1 is 1.23 bits per heavy atom. The van der Waals surface area contributed by atoms with Crippen LogP contribution in [0.5, 0.6) is 5.75 Å². The van der Waals surface area contributed by atoms with Crippen LogP contribution in [-0.2, 0) is 4.79 Å². The number of hydrogen-bond donors (Lipinski definition) is 0. The highest BCUT2D eigenvalue weighted by molar-refractivity contribution is 6.03. The Bertz CT molecular complexity index is 1140. The Morgan fingerprint density at radius 3 is 2.68 bits per heavy atom. The fraction of sp³-hybridized carbons (Fsp3) is 0.227. The summed E-state index contributed by atoms with van der Waals surface area (Å²) in [5, 5.41) is 17.1. The molecule has 0 saturated heterocycles. The molecule has 31 heavy (non-hydrogen) atoms. The Labute approximate surface area is 178 Å². The van der Waals surface area contributed by atoms with E-state index in [1.54, 1.807) is 31.4 Å². The van der Waals surface area contributed by atoms with Crippen LogP contribution in [0.2, 0.25) is 0 Å². The number of carbonyl (C=O) groups is 1. The van der Waals surface area contributed by atoms with Gasteiger partial charge in [0.25, 0.3) is 5.91 Å². The van der Waals surface area contributed by atoms with Crippen molar-refractivity contribution in [2.24, 2.45) is 5.10 Å². The standard InChI is InChI=1S/C22H20N4O5/c1-14-5-8-16(9-6-14)17-12-18(19-4-3-11-30-19)25(24-17)21(27)13-31-20-10-7-15(2)23-22(20)26(28)29/h3-11,18H,12-13H2,1-2H3/t18-/m1/s1. The van der Waals surface area contributed by atoms with Crippen LogP contribution >= 0.6 is 0 Å². The number of amides is 1. The SMILES string of the molecule is Cc1ccc(C2=NN(C(=O)COc3ccc(C)nc3[N+](=O)[O-])[C@@H](c3ccco3)C2)cc1. The van der Waals surface area contributed by atoms with Crippen molar-refractivity contribution in [1.29, 1.82) is 0 Å². The first-order chi connectivity index (χ1) is 14.9. The Hall–Kier alpha value is -4.01. The normalized spacial score (nSPS) is 15.6. The van der Waals surface area contributed by atoms with Gasteiger partial charge in [0.05, 0.1) is 12.0 Å². The zero-order chi connectivity index (χ0) is 22.0. The van der Waals surface area contributed by atoms with Crippen molar-refractivity contribution in [3.8, 4) is 5.75 Å². The highest BCUT2D eigenvalue weighted by Crippen LogP contribution is 2.33. The summed E-state index contributed by atoms with van der Waals surface area (Å²) in [4.78, 5) is 27.4. The summed E-state index contributed by atoms with van der Waals surface area (Å²) in [6.07, 6.45) is 2.02. The number of hydrogen-bond acceptors (Lipinski definition) is 7. The average molecular weight is 420 g/mol. The first kappa shape index (κ1) is 20.3. The number of nitro groups is 1. The summed E-state index contributed by atoms with van der Waals surface area (Å²) >= 11 is 0. The lowest BCUT2D eigenvalue weighted by molar-refractivity contribution is -0.390. The van der Waals surface area contributed by atoms with Gasteiger partial charge in [0.15, 0.2) is 6.61 Å². The molecule has 1 aliphatic heterocycles. The fourth-order valence-corrected chi connectivity index (χ4v) is 3.34. The molecule has 0 radical (unpaired) electrons. The molecule has 2 aromatic heterocycles. The number of nitrogens with zero attached hydrogens (tertiary/aromatic N) is 4. The zero-order valence-corrected chi connectivity index (χ0v) is 17.0. The van der Waals surface area contributed by atoms with Crippen molar-refractivity contribution in [3.63, 3.8) is 0 Å². The molecule has 3 aromatic rings. The number of benzene rings is 1. The van der Waals surface area contributed by atoms with Gasteiger partial charge < -0.3 is 19.3 Å². The third-order valence-electron chi connectivity index (χ3n) is 4.92. The highest BCUT2D eigenvalue weighted by atomic mass is 16.6. The van der Waals surface area contributed by atoms with E-state index in [2.05, 4.69) is 10.1 Å². The van der Waals surface area contributed by atoms with Gasteiger partial charge >= 0.3 is 5.82 Å². The van der Waals surface area contributed by atoms with Gasteiger partial charge in [-0.1, -0.05) is 29.8 Å². The molecule has 1 amide bonds. The van der Waals surface area contributed by atoms with Crippen LogP contribution in [0, 0.1) is 24.0 Å². The minimum atomic E-state index is -0.637. The van der Waals surface area contributed by atoms with E-state index in [1.165, 1.54) is 11.1 Å².